The molecule has 0 aliphatic heterocycles. The molecule has 0 saturated heterocycles. The summed E-state index contributed by atoms with van der Waals surface area (Å²) in [5, 5.41) is 0. The molecule has 0 unspecified atom stereocenters. The van der Waals surface area contributed by atoms with E-state index in [1.807, 2.05) is 6.92 Å². The maximum atomic E-state index is 10.4. The van der Waals surface area contributed by atoms with E-state index in [2.05, 4.69) is 32.9 Å². The van der Waals surface area contributed by atoms with Crippen LogP contribution in [0.15, 0.2) is 23.3 Å². The minimum Gasteiger partial charge on any atom is -0.303 e. The fraction of sp³-hybridized carbons (Fsp3) is 0.667. The predicted molar refractivity (Wildman–Crippen MR) is 69.3 cm³/mol. The lowest BCUT2D eigenvalue weighted by molar-refractivity contribution is -0.107. The zero-order chi connectivity index (χ0) is 12.2. The Balaban J connectivity index is 2.76. The molecule has 1 heteroatoms. The second-order valence-corrected chi connectivity index (χ2v) is 5.41. The Morgan fingerprint density at radius 2 is 2.31 bits per heavy atom. The normalized spacial score (nSPS) is 31.1. The molecule has 0 amide bonds. The highest BCUT2D eigenvalue weighted by atomic mass is 16.1. The van der Waals surface area contributed by atoms with Crippen molar-refractivity contribution in [3.63, 3.8) is 0 Å². The van der Waals surface area contributed by atoms with E-state index in [9.17, 15) is 4.79 Å². The van der Waals surface area contributed by atoms with Crippen LogP contribution in [0.4, 0.5) is 0 Å². The summed E-state index contributed by atoms with van der Waals surface area (Å²) < 4.78 is 0. The summed E-state index contributed by atoms with van der Waals surface area (Å²) in [7, 11) is 0. The average Bonchev–Trinajstić information content (AvgIpc) is 2.24. The fourth-order valence-corrected chi connectivity index (χ4v) is 2.45. The minimum atomic E-state index is 0.294. The lowest BCUT2D eigenvalue weighted by Gasteiger charge is -2.39. The maximum Gasteiger partial charge on any atom is 0.124 e. The average molecular weight is 220 g/mol. The van der Waals surface area contributed by atoms with Crippen LogP contribution in [0.3, 0.4) is 0 Å². The first-order chi connectivity index (χ1) is 7.50. The van der Waals surface area contributed by atoms with Gasteiger partial charge in [0.2, 0.25) is 0 Å². The van der Waals surface area contributed by atoms with Gasteiger partial charge in [-0.1, -0.05) is 37.1 Å². The Morgan fingerprint density at radius 3 is 2.88 bits per heavy atom. The fourth-order valence-electron chi connectivity index (χ4n) is 2.45. The van der Waals surface area contributed by atoms with Gasteiger partial charge in [-0.05, 0) is 44.4 Å². The lowest BCUT2D eigenvalue weighted by Crippen LogP contribution is -2.29. The van der Waals surface area contributed by atoms with Crippen molar-refractivity contribution in [2.75, 3.05) is 0 Å². The van der Waals surface area contributed by atoms with Gasteiger partial charge in [0, 0.05) is 6.42 Å². The molecule has 0 fully saturated rings. The summed E-state index contributed by atoms with van der Waals surface area (Å²) in [6, 6.07) is 0. The van der Waals surface area contributed by atoms with E-state index in [1.54, 1.807) is 0 Å². The van der Waals surface area contributed by atoms with Crippen molar-refractivity contribution in [3.05, 3.63) is 23.3 Å². The highest BCUT2D eigenvalue weighted by Crippen LogP contribution is 2.44. The Hall–Kier alpha value is -0.850. The van der Waals surface area contributed by atoms with Crippen molar-refractivity contribution in [3.8, 4) is 0 Å². The van der Waals surface area contributed by atoms with Gasteiger partial charge in [0.05, 0.1) is 0 Å². The smallest absolute Gasteiger partial charge is 0.124 e. The highest BCUT2D eigenvalue weighted by molar-refractivity contribution is 5.53. The first-order valence-corrected chi connectivity index (χ1v) is 6.27. The Bertz CT molecular complexity index is 311. The molecule has 0 aromatic rings. The Labute approximate surface area is 99.6 Å². The molecule has 0 aromatic carbocycles. The van der Waals surface area contributed by atoms with E-state index < -0.39 is 0 Å². The van der Waals surface area contributed by atoms with Crippen LogP contribution in [-0.4, -0.2) is 6.29 Å². The molecule has 16 heavy (non-hydrogen) atoms. The number of carbonyl (C=O) groups excluding carboxylic acids is 1. The Kier molecular flexibility index (Phi) is 4.52. The largest absolute Gasteiger partial charge is 0.303 e. The monoisotopic (exact) mass is 220 g/mol. The van der Waals surface area contributed by atoms with Crippen LogP contribution in [-0.2, 0) is 4.79 Å². The molecule has 0 saturated carbocycles. The van der Waals surface area contributed by atoms with Gasteiger partial charge in [-0.2, -0.15) is 0 Å². The molecule has 0 radical (unpaired) electrons. The molecule has 1 aliphatic carbocycles. The predicted octanol–water partition coefficient (Wildman–Crippen LogP) is 4.29. The van der Waals surface area contributed by atoms with E-state index in [-0.39, 0.29) is 0 Å². The van der Waals surface area contributed by atoms with Gasteiger partial charge >= 0.3 is 0 Å². The van der Waals surface area contributed by atoms with Crippen molar-refractivity contribution in [1.29, 1.82) is 0 Å². The third kappa shape index (κ3) is 2.84. The van der Waals surface area contributed by atoms with Crippen LogP contribution in [0.5, 0.6) is 0 Å². The molecule has 2 atom stereocenters. The summed E-state index contributed by atoms with van der Waals surface area (Å²) in [6.07, 6.45) is 9.76. The topological polar surface area (TPSA) is 17.1 Å². The number of hydrogen-bond acceptors (Lipinski definition) is 1. The third-order valence-electron chi connectivity index (χ3n) is 4.32. The van der Waals surface area contributed by atoms with Crippen molar-refractivity contribution >= 4 is 6.29 Å². The minimum absolute atomic E-state index is 0.294. The first-order valence-electron chi connectivity index (χ1n) is 6.27. The second-order valence-electron chi connectivity index (χ2n) is 5.41. The van der Waals surface area contributed by atoms with Gasteiger partial charge < -0.3 is 4.79 Å². The van der Waals surface area contributed by atoms with Crippen LogP contribution in [0.1, 0.15) is 53.4 Å². The van der Waals surface area contributed by atoms with Gasteiger partial charge in [0.25, 0.3) is 0 Å². The van der Waals surface area contributed by atoms with Crippen LogP contribution in [0.25, 0.3) is 0 Å². The summed E-state index contributed by atoms with van der Waals surface area (Å²) in [6.45, 7) is 9.00. The van der Waals surface area contributed by atoms with Gasteiger partial charge in [0.15, 0.2) is 0 Å². The molecule has 0 aromatic heterocycles. The van der Waals surface area contributed by atoms with Gasteiger partial charge in [0.1, 0.15) is 6.29 Å². The molecule has 0 bridgehead atoms. The van der Waals surface area contributed by atoms with E-state index in [0.717, 1.165) is 18.6 Å². The number of hydrogen-bond donors (Lipinski definition) is 0. The van der Waals surface area contributed by atoms with E-state index in [0.29, 0.717) is 11.8 Å². The molecule has 0 spiro atoms. The van der Waals surface area contributed by atoms with E-state index >= 15 is 0 Å². The Morgan fingerprint density at radius 1 is 1.62 bits per heavy atom. The molecule has 1 nitrogen and oxygen atoms in total. The maximum absolute atomic E-state index is 10.4. The molecule has 90 valence electrons. The molecule has 0 N–H and O–H groups in total. The van der Waals surface area contributed by atoms with E-state index in [4.69, 9.17) is 0 Å². The van der Waals surface area contributed by atoms with Crippen molar-refractivity contribution < 1.29 is 4.79 Å². The van der Waals surface area contributed by atoms with Crippen LogP contribution >= 0.6 is 0 Å². The SMILES string of the molecule is CC1=CCC[C@@H](C)[C@]1(C)C/C=C(\C)CC=O. The number of rotatable bonds is 4. The molecular weight excluding hydrogens is 196 g/mol. The quantitative estimate of drug-likeness (QED) is 0.510. The lowest BCUT2D eigenvalue weighted by atomic mass is 9.65. The molecule has 0 heterocycles. The number of allylic oxidation sites excluding steroid dienone is 4. The van der Waals surface area contributed by atoms with Crippen molar-refractivity contribution in [2.24, 2.45) is 11.3 Å². The third-order valence-corrected chi connectivity index (χ3v) is 4.32. The zero-order valence-electron chi connectivity index (χ0n) is 11.0. The van der Waals surface area contributed by atoms with Crippen LogP contribution in [0.2, 0.25) is 0 Å². The summed E-state index contributed by atoms with van der Waals surface area (Å²) in [5.41, 5.74) is 3.01. The van der Waals surface area contributed by atoms with Crippen molar-refractivity contribution in [1.82, 2.24) is 0 Å². The standard InChI is InChI=1S/C15H24O/c1-12(9-11-16)8-10-15(4)13(2)6-5-7-14(15)3/h6,8,11,14H,5,7,9-10H2,1-4H3/b12-8+/t14-,15-/m1/s1. The van der Waals surface area contributed by atoms with Crippen LogP contribution < -0.4 is 0 Å². The first kappa shape index (κ1) is 13.2. The molecular formula is C15H24O. The summed E-state index contributed by atoms with van der Waals surface area (Å²) in [5.74, 6) is 0.734. The molecule has 1 rings (SSSR count). The van der Waals surface area contributed by atoms with Crippen LogP contribution in [0, 0.1) is 11.3 Å². The van der Waals surface area contributed by atoms with Gasteiger partial charge in [-0.25, -0.2) is 0 Å². The van der Waals surface area contributed by atoms with Gasteiger partial charge in [-0.15, -0.1) is 0 Å². The summed E-state index contributed by atoms with van der Waals surface area (Å²) >= 11 is 0. The number of carbonyl (C=O) groups is 1. The summed E-state index contributed by atoms with van der Waals surface area (Å²) in [4.78, 5) is 10.4. The van der Waals surface area contributed by atoms with Gasteiger partial charge in [-0.3, -0.25) is 0 Å². The highest BCUT2D eigenvalue weighted by Gasteiger charge is 2.33. The van der Waals surface area contributed by atoms with E-state index in [1.165, 1.54) is 24.0 Å². The number of aldehydes is 1. The van der Waals surface area contributed by atoms with Crippen molar-refractivity contribution in [2.45, 2.75) is 53.4 Å². The zero-order valence-corrected chi connectivity index (χ0v) is 11.0. The molecule has 1 aliphatic rings. The second kappa shape index (κ2) is 5.47.